The summed E-state index contributed by atoms with van der Waals surface area (Å²) in [5, 5.41) is 2.66. The van der Waals surface area contributed by atoms with Gasteiger partial charge in [-0.1, -0.05) is 31.1 Å². The minimum absolute atomic E-state index is 0.190. The van der Waals surface area contributed by atoms with Crippen LogP contribution in [0.4, 0.5) is 8.78 Å². The molecule has 102 valence electrons. The van der Waals surface area contributed by atoms with Crippen LogP contribution in [0.5, 0.6) is 0 Å². The second kappa shape index (κ2) is 5.21. The molecular weight excluding hydrogens is 270 g/mol. The lowest BCUT2D eigenvalue weighted by Crippen LogP contribution is -2.54. The number of thiocarbonyl (C=S) groups is 1. The molecule has 0 atom stereocenters. The second-order valence-electron chi connectivity index (χ2n) is 4.71. The number of amides is 1. The first-order chi connectivity index (χ1) is 8.96. The van der Waals surface area contributed by atoms with Gasteiger partial charge in [-0.2, -0.15) is 0 Å². The largest absolute Gasteiger partial charge is 0.391 e. The van der Waals surface area contributed by atoms with Gasteiger partial charge >= 0.3 is 0 Å². The molecule has 1 saturated carbocycles. The SMILES string of the molecule is NC(=S)C1(NC(=O)c2cccc(F)c2F)CCCC1. The standard InChI is InChI=1S/C13H14F2N2OS/c14-9-5-3-4-8(10(9)15)11(18)17-13(12(16)19)6-1-2-7-13/h3-5H,1-2,6-7H2,(H2,16,19)(H,17,18). The fraction of sp³-hybridized carbons (Fsp3) is 0.385. The molecule has 0 spiro atoms. The topological polar surface area (TPSA) is 55.1 Å². The molecule has 0 aliphatic heterocycles. The molecule has 0 unspecified atom stereocenters. The van der Waals surface area contributed by atoms with Gasteiger partial charge in [-0.05, 0) is 25.0 Å². The van der Waals surface area contributed by atoms with Crippen LogP contribution in [0.2, 0.25) is 0 Å². The maximum Gasteiger partial charge on any atom is 0.255 e. The van der Waals surface area contributed by atoms with Crippen LogP contribution in [0.15, 0.2) is 18.2 Å². The lowest BCUT2D eigenvalue weighted by atomic mass is 9.97. The zero-order valence-corrected chi connectivity index (χ0v) is 11.0. The highest BCUT2D eigenvalue weighted by molar-refractivity contribution is 7.80. The molecule has 19 heavy (non-hydrogen) atoms. The van der Waals surface area contributed by atoms with Crippen LogP contribution in [-0.4, -0.2) is 16.4 Å². The molecule has 1 aliphatic carbocycles. The van der Waals surface area contributed by atoms with E-state index in [1.165, 1.54) is 12.1 Å². The Labute approximate surface area is 115 Å². The average molecular weight is 284 g/mol. The second-order valence-corrected chi connectivity index (χ2v) is 5.15. The highest BCUT2D eigenvalue weighted by atomic mass is 32.1. The Balaban J connectivity index is 2.25. The fourth-order valence-electron chi connectivity index (χ4n) is 2.38. The molecule has 3 N–H and O–H groups in total. The Morgan fingerprint density at radius 2 is 1.95 bits per heavy atom. The van der Waals surface area contributed by atoms with Crippen LogP contribution in [0.25, 0.3) is 0 Å². The van der Waals surface area contributed by atoms with Gasteiger partial charge in [0.15, 0.2) is 11.6 Å². The van der Waals surface area contributed by atoms with Crippen LogP contribution < -0.4 is 11.1 Å². The first kappa shape index (κ1) is 13.9. The van der Waals surface area contributed by atoms with Crippen molar-refractivity contribution in [1.82, 2.24) is 5.32 Å². The Morgan fingerprint density at radius 1 is 1.32 bits per heavy atom. The smallest absolute Gasteiger partial charge is 0.255 e. The van der Waals surface area contributed by atoms with Crippen molar-refractivity contribution in [2.45, 2.75) is 31.2 Å². The third-order valence-electron chi connectivity index (χ3n) is 3.48. The number of nitrogens with one attached hydrogen (secondary N) is 1. The van der Waals surface area contributed by atoms with E-state index in [4.69, 9.17) is 18.0 Å². The van der Waals surface area contributed by atoms with Crippen LogP contribution in [-0.2, 0) is 0 Å². The van der Waals surface area contributed by atoms with Crippen LogP contribution in [0, 0.1) is 11.6 Å². The lowest BCUT2D eigenvalue weighted by molar-refractivity contribution is 0.0919. The van der Waals surface area contributed by atoms with E-state index >= 15 is 0 Å². The van der Waals surface area contributed by atoms with Crippen molar-refractivity contribution in [1.29, 1.82) is 0 Å². The number of carbonyl (C=O) groups is 1. The molecule has 1 fully saturated rings. The Kier molecular flexibility index (Phi) is 3.80. The average Bonchev–Trinajstić information content (AvgIpc) is 2.82. The minimum Gasteiger partial charge on any atom is -0.391 e. The van der Waals surface area contributed by atoms with E-state index in [1.807, 2.05) is 0 Å². The van der Waals surface area contributed by atoms with E-state index in [0.29, 0.717) is 12.8 Å². The zero-order chi connectivity index (χ0) is 14.0. The van der Waals surface area contributed by atoms with Crippen molar-refractivity contribution in [2.24, 2.45) is 5.73 Å². The van der Waals surface area contributed by atoms with Gasteiger partial charge in [-0.3, -0.25) is 4.79 Å². The summed E-state index contributed by atoms with van der Waals surface area (Å²) >= 11 is 4.99. The number of carbonyl (C=O) groups excluding carboxylic acids is 1. The summed E-state index contributed by atoms with van der Waals surface area (Å²) in [6.45, 7) is 0. The zero-order valence-electron chi connectivity index (χ0n) is 10.2. The predicted molar refractivity (Wildman–Crippen MR) is 71.8 cm³/mol. The number of rotatable bonds is 3. The van der Waals surface area contributed by atoms with Crippen molar-refractivity contribution < 1.29 is 13.6 Å². The van der Waals surface area contributed by atoms with E-state index < -0.39 is 23.1 Å². The summed E-state index contributed by atoms with van der Waals surface area (Å²) in [6.07, 6.45) is 3.04. The third-order valence-corrected chi connectivity index (χ3v) is 3.87. The molecule has 2 rings (SSSR count). The van der Waals surface area contributed by atoms with E-state index in [1.54, 1.807) is 0 Å². The number of halogens is 2. The maximum atomic E-state index is 13.6. The molecule has 0 saturated heterocycles. The first-order valence-corrected chi connectivity index (χ1v) is 6.43. The summed E-state index contributed by atoms with van der Waals surface area (Å²) in [5.41, 5.74) is 4.57. The van der Waals surface area contributed by atoms with Crippen molar-refractivity contribution in [3.63, 3.8) is 0 Å². The Morgan fingerprint density at radius 3 is 2.53 bits per heavy atom. The molecular formula is C13H14F2N2OS. The van der Waals surface area contributed by atoms with Crippen molar-refractivity contribution in [2.75, 3.05) is 0 Å². The van der Waals surface area contributed by atoms with Crippen molar-refractivity contribution >= 4 is 23.1 Å². The van der Waals surface area contributed by atoms with Crippen LogP contribution in [0.1, 0.15) is 36.0 Å². The van der Waals surface area contributed by atoms with Crippen LogP contribution in [0.3, 0.4) is 0 Å². The molecule has 1 aromatic rings. The summed E-state index contributed by atoms with van der Waals surface area (Å²) in [7, 11) is 0. The normalized spacial score (nSPS) is 17.2. The minimum atomic E-state index is -1.16. The van der Waals surface area contributed by atoms with Gasteiger partial charge in [-0.25, -0.2) is 8.78 Å². The first-order valence-electron chi connectivity index (χ1n) is 6.03. The quantitative estimate of drug-likeness (QED) is 0.837. The summed E-state index contributed by atoms with van der Waals surface area (Å²) < 4.78 is 26.7. The third kappa shape index (κ3) is 2.58. The molecule has 1 aromatic carbocycles. The van der Waals surface area contributed by atoms with E-state index in [-0.39, 0.29) is 10.6 Å². The highest BCUT2D eigenvalue weighted by Gasteiger charge is 2.38. The molecule has 3 nitrogen and oxygen atoms in total. The molecule has 1 amide bonds. The van der Waals surface area contributed by atoms with Gasteiger partial charge in [0.25, 0.3) is 5.91 Å². The van der Waals surface area contributed by atoms with Gasteiger partial charge in [-0.15, -0.1) is 0 Å². The highest BCUT2D eigenvalue weighted by Crippen LogP contribution is 2.30. The molecule has 1 aliphatic rings. The van der Waals surface area contributed by atoms with Gasteiger partial charge in [0.05, 0.1) is 16.1 Å². The Bertz CT molecular complexity index is 527. The summed E-state index contributed by atoms with van der Waals surface area (Å²) in [5.74, 6) is -2.90. The maximum absolute atomic E-state index is 13.6. The Hall–Kier alpha value is -1.56. The molecule has 0 radical (unpaired) electrons. The lowest BCUT2D eigenvalue weighted by Gasteiger charge is -2.29. The number of nitrogens with two attached hydrogens (primary N) is 1. The fourth-order valence-corrected chi connectivity index (χ4v) is 2.63. The van der Waals surface area contributed by atoms with Crippen molar-refractivity contribution in [3.05, 3.63) is 35.4 Å². The van der Waals surface area contributed by atoms with Gasteiger partial charge in [0, 0.05) is 0 Å². The van der Waals surface area contributed by atoms with E-state index in [0.717, 1.165) is 18.9 Å². The van der Waals surface area contributed by atoms with Crippen molar-refractivity contribution in [3.8, 4) is 0 Å². The summed E-state index contributed by atoms with van der Waals surface area (Å²) in [4.78, 5) is 12.2. The van der Waals surface area contributed by atoms with Gasteiger partial charge in [0.1, 0.15) is 0 Å². The molecule has 0 bridgehead atoms. The van der Waals surface area contributed by atoms with Gasteiger partial charge in [0.2, 0.25) is 0 Å². The van der Waals surface area contributed by atoms with Gasteiger partial charge < -0.3 is 11.1 Å². The number of benzene rings is 1. The monoisotopic (exact) mass is 284 g/mol. The van der Waals surface area contributed by atoms with E-state index in [2.05, 4.69) is 5.32 Å². The molecule has 0 aromatic heterocycles. The predicted octanol–water partition coefficient (Wildman–Crippen LogP) is 2.29. The van der Waals surface area contributed by atoms with Crippen LogP contribution >= 0.6 is 12.2 Å². The number of hydrogen-bond acceptors (Lipinski definition) is 2. The van der Waals surface area contributed by atoms with E-state index in [9.17, 15) is 13.6 Å². The molecule has 0 heterocycles. The molecule has 6 heteroatoms. The number of hydrogen-bond donors (Lipinski definition) is 2. The summed E-state index contributed by atoms with van der Waals surface area (Å²) in [6, 6.07) is 3.48.